The van der Waals surface area contributed by atoms with E-state index in [4.69, 9.17) is 15.0 Å². The second-order valence-electron chi connectivity index (χ2n) is 11.4. The smallest absolute Gasteiger partial charge is 0.164 e. The summed E-state index contributed by atoms with van der Waals surface area (Å²) in [6.07, 6.45) is 0. The Morgan fingerprint density at radius 3 is 1.67 bits per heavy atom. The second-order valence-corrected chi connectivity index (χ2v) is 12.5. The Bertz CT molecular complexity index is 2290. The monoisotopic (exact) mass is 609 g/mol. The molecule has 0 saturated carbocycles. The molecule has 0 spiro atoms. The van der Waals surface area contributed by atoms with Gasteiger partial charge in [-0.1, -0.05) is 121 Å². The highest BCUT2D eigenvalue weighted by molar-refractivity contribution is 8.00. The zero-order valence-electron chi connectivity index (χ0n) is 24.7. The lowest BCUT2D eigenvalue weighted by molar-refractivity contribution is 1.07. The number of fused-ring (bicyclic) bond motifs is 4. The summed E-state index contributed by atoms with van der Waals surface area (Å²) in [4.78, 5) is 16.0. The predicted molar refractivity (Wildman–Crippen MR) is 189 cm³/mol. The molecule has 6 aromatic carbocycles. The van der Waals surface area contributed by atoms with Gasteiger partial charge < -0.3 is 9.88 Å². The third-order valence-electron chi connectivity index (χ3n) is 8.49. The summed E-state index contributed by atoms with van der Waals surface area (Å²) in [6.45, 7) is 0. The summed E-state index contributed by atoms with van der Waals surface area (Å²) in [5.74, 6) is 1.96. The Balaban J connectivity index is 1.14. The number of hydrogen-bond acceptors (Lipinski definition) is 5. The van der Waals surface area contributed by atoms with E-state index in [0.29, 0.717) is 17.5 Å². The molecule has 0 radical (unpaired) electrons. The predicted octanol–water partition coefficient (Wildman–Crippen LogP) is 10.2. The summed E-state index contributed by atoms with van der Waals surface area (Å²) in [5, 5.41) is 6.45. The van der Waals surface area contributed by atoms with Crippen molar-refractivity contribution in [1.82, 2.24) is 19.5 Å². The van der Waals surface area contributed by atoms with Crippen molar-refractivity contribution in [1.29, 1.82) is 0 Å². The normalized spacial score (nSPS) is 14.0. The van der Waals surface area contributed by atoms with Crippen LogP contribution in [0.2, 0.25) is 0 Å². The average molecular weight is 610 g/mol. The van der Waals surface area contributed by atoms with E-state index in [0.717, 1.165) is 22.4 Å². The van der Waals surface area contributed by atoms with Crippen LogP contribution in [0.4, 0.5) is 5.69 Å². The Labute approximate surface area is 270 Å². The topological polar surface area (TPSA) is 55.6 Å². The van der Waals surface area contributed by atoms with Gasteiger partial charge in [0.1, 0.15) is 5.37 Å². The van der Waals surface area contributed by atoms with Crippen LogP contribution in [-0.2, 0) is 0 Å². The van der Waals surface area contributed by atoms with E-state index in [1.807, 2.05) is 72.4 Å². The molecule has 2 aromatic heterocycles. The summed E-state index contributed by atoms with van der Waals surface area (Å²) < 4.78 is 2.36. The minimum atomic E-state index is 0.198. The number of anilines is 1. The number of nitrogens with zero attached hydrogens (tertiary/aromatic N) is 4. The van der Waals surface area contributed by atoms with Gasteiger partial charge in [0.25, 0.3) is 0 Å². The number of para-hydroxylation sites is 1. The van der Waals surface area contributed by atoms with Crippen molar-refractivity contribution in [2.75, 3.05) is 5.32 Å². The number of benzene rings is 6. The molecule has 9 rings (SSSR count). The Morgan fingerprint density at radius 2 is 1.04 bits per heavy atom. The fourth-order valence-corrected chi connectivity index (χ4v) is 7.42. The van der Waals surface area contributed by atoms with E-state index in [9.17, 15) is 0 Å². The molecule has 1 aliphatic rings. The van der Waals surface area contributed by atoms with E-state index in [2.05, 4.69) is 101 Å². The lowest BCUT2D eigenvalue weighted by atomic mass is 10.1. The van der Waals surface area contributed by atoms with Crippen LogP contribution < -0.4 is 5.32 Å². The first-order chi connectivity index (χ1) is 22.8. The van der Waals surface area contributed by atoms with Gasteiger partial charge in [-0.2, -0.15) is 0 Å². The van der Waals surface area contributed by atoms with Crippen LogP contribution in [0.25, 0.3) is 61.7 Å². The lowest BCUT2D eigenvalue weighted by Crippen LogP contribution is -2.01. The van der Waals surface area contributed by atoms with Crippen molar-refractivity contribution in [3.05, 3.63) is 157 Å². The maximum absolute atomic E-state index is 4.92. The second kappa shape index (κ2) is 11.0. The molecule has 1 atom stereocenters. The first-order valence-electron chi connectivity index (χ1n) is 15.3. The van der Waals surface area contributed by atoms with Gasteiger partial charge in [0.15, 0.2) is 17.5 Å². The van der Waals surface area contributed by atoms with Gasteiger partial charge in [-0.25, -0.2) is 15.0 Å². The van der Waals surface area contributed by atoms with E-state index < -0.39 is 0 Å². The molecule has 0 saturated heterocycles. The number of rotatable bonds is 5. The molecule has 3 heterocycles. The maximum atomic E-state index is 4.92. The zero-order chi connectivity index (χ0) is 30.5. The fraction of sp³-hybridized carbons (Fsp3) is 0.0250. The molecule has 0 amide bonds. The average Bonchev–Trinajstić information content (AvgIpc) is 3.70. The van der Waals surface area contributed by atoms with E-state index >= 15 is 0 Å². The highest BCUT2D eigenvalue weighted by Gasteiger charge is 2.25. The number of nitrogens with one attached hydrogen (secondary N) is 1. The Morgan fingerprint density at radius 1 is 0.500 bits per heavy atom. The van der Waals surface area contributed by atoms with Crippen molar-refractivity contribution < 1.29 is 0 Å². The van der Waals surface area contributed by atoms with Crippen LogP contribution in [0.3, 0.4) is 0 Å². The van der Waals surface area contributed by atoms with Crippen LogP contribution in [0.5, 0.6) is 0 Å². The van der Waals surface area contributed by atoms with E-state index in [1.54, 1.807) is 0 Å². The standard InChI is InChI=1S/C40H27N5S/c1-4-12-26(13-5-1)37-42-38(27-14-6-2-7-15-27)44-39(43-37)28-20-22-30(23-21-28)45-34-19-11-10-18-31(34)32-24-36-33(25-35(32)45)41-40(46-36)29-16-8-3-9-17-29/h1-25,40-41H. The van der Waals surface area contributed by atoms with Crippen LogP contribution in [0.1, 0.15) is 10.9 Å². The van der Waals surface area contributed by atoms with Crippen molar-refractivity contribution in [2.24, 2.45) is 0 Å². The molecule has 6 heteroatoms. The summed E-state index contributed by atoms with van der Waals surface area (Å²) in [6, 6.07) is 52.7. The molecule has 5 nitrogen and oxygen atoms in total. The van der Waals surface area contributed by atoms with Crippen LogP contribution in [0.15, 0.2) is 157 Å². The molecule has 8 aromatic rings. The molecule has 0 aliphatic carbocycles. The molecule has 0 fully saturated rings. The van der Waals surface area contributed by atoms with Gasteiger partial charge in [-0.3, -0.25) is 0 Å². The molecular formula is C40H27N5S. The quantitative estimate of drug-likeness (QED) is 0.210. The third-order valence-corrected chi connectivity index (χ3v) is 9.71. The van der Waals surface area contributed by atoms with Crippen LogP contribution in [0, 0.1) is 0 Å². The molecule has 1 N–H and O–H groups in total. The highest BCUT2D eigenvalue weighted by atomic mass is 32.2. The number of hydrogen-bond donors (Lipinski definition) is 1. The van der Waals surface area contributed by atoms with Gasteiger partial charge in [0, 0.05) is 38.0 Å². The molecule has 1 aliphatic heterocycles. The van der Waals surface area contributed by atoms with E-state index in [-0.39, 0.29) is 5.37 Å². The minimum Gasteiger partial charge on any atom is -0.368 e. The van der Waals surface area contributed by atoms with Gasteiger partial charge >= 0.3 is 0 Å². The lowest BCUT2D eigenvalue weighted by Gasteiger charge is -2.11. The summed E-state index contributed by atoms with van der Waals surface area (Å²) in [5.41, 5.74) is 8.73. The zero-order valence-corrected chi connectivity index (χ0v) is 25.5. The molecule has 0 bridgehead atoms. The fourth-order valence-electron chi connectivity index (χ4n) is 6.26. The molecule has 46 heavy (non-hydrogen) atoms. The van der Waals surface area contributed by atoms with Crippen LogP contribution in [-0.4, -0.2) is 19.5 Å². The highest BCUT2D eigenvalue weighted by Crippen LogP contribution is 2.49. The summed E-state index contributed by atoms with van der Waals surface area (Å²) >= 11 is 1.88. The first-order valence-corrected chi connectivity index (χ1v) is 16.2. The number of thioether (sulfide) groups is 1. The Kier molecular flexibility index (Phi) is 6.39. The van der Waals surface area contributed by atoms with Crippen molar-refractivity contribution in [3.63, 3.8) is 0 Å². The molecule has 218 valence electrons. The van der Waals surface area contributed by atoms with Gasteiger partial charge in [-0.05, 0) is 48.0 Å². The van der Waals surface area contributed by atoms with Crippen molar-refractivity contribution >= 4 is 39.3 Å². The van der Waals surface area contributed by atoms with Crippen molar-refractivity contribution in [3.8, 4) is 39.9 Å². The SMILES string of the molecule is c1ccc(-c2nc(-c3ccccc3)nc(-c3ccc(-n4c5ccccc5c5cc6c(cc54)NC(c4ccccc4)S6)cc3)n2)cc1. The minimum absolute atomic E-state index is 0.198. The van der Waals surface area contributed by atoms with Crippen molar-refractivity contribution in [2.45, 2.75) is 10.3 Å². The van der Waals surface area contributed by atoms with Gasteiger partial charge in [-0.15, -0.1) is 0 Å². The Hall–Kier alpha value is -5.72. The summed E-state index contributed by atoms with van der Waals surface area (Å²) in [7, 11) is 0. The first kappa shape index (κ1) is 26.7. The van der Waals surface area contributed by atoms with Gasteiger partial charge in [0.05, 0.1) is 16.7 Å². The molecular weight excluding hydrogens is 583 g/mol. The maximum Gasteiger partial charge on any atom is 0.164 e. The molecule has 1 unspecified atom stereocenters. The largest absolute Gasteiger partial charge is 0.368 e. The van der Waals surface area contributed by atoms with E-state index in [1.165, 1.54) is 38.0 Å². The van der Waals surface area contributed by atoms with Crippen LogP contribution >= 0.6 is 11.8 Å². The third kappa shape index (κ3) is 4.62. The number of aromatic nitrogens is 4. The van der Waals surface area contributed by atoms with Gasteiger partial charge in [0.2, 0.25) is 0 Å².